The Balaban J connectivity index is 1.65. The lowest BCUT2D eigenvalue weighted by Gasteiger charge is -2.29. The minimum Gasteiger partial charge on any atom is -0.360 e. The van der Waals surface area contributed by atoms with Crippen molar-refractivity contribution in [3.63, 3.8) is 0 Å². The fourth-order valence-corrected chi connectivity index (χ4v) is 4.73. The van der Waals surface area contributed by atoms with E-state index in [0.29, 0.717) is 17.5 Å². The van der Waals surface area contributed by atoms with E-state index in [1.807, 2.05) is 16.9 Å². The Morgan fingerprint density at radius 1 is 1.27 bits per heavy atom. The second kappa shape index (κ2) is 5.85. The number of nitrogens with one attached hydrogen (secondary N) is 1. The fraction of sp³-hybridized carbons (Fsp3) is 0.571. The van der Waals surface area contributed by atoms with Crippen molar-refractivity contribution in [1.82, 2.24) is 19.7 Å². The van der Waals surface area contributed by atoms with E-state index in [4.69, 9.17) is 4.52 Å². The lowest BCUT2D eigenvalue weighted by Crippen LogP contribution is -2.38. The molecule has 0 radical (unpaired) electrons. The molecule has 8 heteroatoms. The van der Waals surface area contributed by atoms with Crippen LogP contribution in [0, 0.1) is 13.8 Å². The standard InChI is InChI=1S/C14H20N4O3S/c1-10-14(11(2)21-16-10)22(19,20)17-12-4-6-13(7-5-12)18-9-3-8-15-18/h3,8-9,12-13,17H,4-7H2,1-2H3. The van der Waals surface area contributed by atoms with Crippen LogP contribution in [0.3, 0.4) is 0 Å². The molecule has 1 saturated carbocycles. The Bertz CT molecular complexity index is 709. The van der Waals surface area contributed by atoms with Gasteiger partial charge >= 0.3 is 0 Å². The molecule has 22 heavy (non-hydrogen) atoms. The lowest BCUT2D eigenvalue weighted by molar-refractivity contribution is 0.293. The predicted molar refractivity (Wildman–Crippen MR) is 79.8 cm³/mol. The Kier molecular flexibility index (Phi) is 4.05. The topological polar surface area (TPSA) is 90.0 Å². The van der Waals surface area contributed by atoms with E-state index in [9.17, 15) is 8.42 Å². The zero-order valence-electron chi connectivity index (χ0n) is 12.7. The van der Waals surface area contributed by atoms with Crippen molar-refractivity contribution < 1.29 is 12.9 Å². The second-order valence-corrected chi connectivity index (χ2v) is 7.42. The van der Waals surface area contributed by atoms with Gasteiger partial charge in [0.2, 0.25) is 10.0 Å². The van der Waals surface area contributed by atoms with Gasteiger partial charge in [0.05, 0.1) is 6.04 Å². The average Bonchev–Trinajstić information content (AvgIpc) is 3.09. The summed E-state index contributed by atoms with van der Waals surface area (Å²) in [7, 11) is -3.58. The second-order valence-electron chi connectivity index (χ2n) is 5.77. The molecule has 7 nitrogen and oxygen atoms in total. The molecule has 1 fully saturated rings. The van der Waals surface area contributed by atoms with Crippen LogP contribution in [0.25, 0.3) is 0 Å². The summed E-state index contributed by atoms with van der Waals surface area (Å²) < 4.78 is 34.7. The first-order chi connectivity index (χ1) is 10.5. The van der Waals surface area contributed by atoms with Gasteiger partial charge in [0, 0.05) is 18.4 Å². The first kappa shape index (κ1) is 15.2. The SMILES string of the molecule is Cc1noc(C)c1S(=O)(=O)NC1CCC(n2cccn2)CC1. The van der Waals surface area contributed by atoms with E-state index in [1.165, 1.54) is 0 Å². The van der Waals surface area contributed by atoms with Gasteiger partial charge in [0.1, 0.15) is 10.6 Å². The van der Waals surface area contributed by atoms with Crippen molar-refractivity contribution in [3.8, 4) is 0 Å². The van der Waals surface area contributed by atoms with Crippen molar-refractivity contribution in [1.29, 1.82) is 0 Å². The van der Waals surface area contributed by atoms with E-state index in [1.54, 1.807) is 20.0 Å². The van der Waals surface area contributed by atoms with Gasteiger partial charge in [-0.2, -0.15) is 5.10 Å². The summed E-state index contributed by atoms with van der Waals surface area (Å²) in [6.45, 7) is 3.25. The average molecular weight is 324 g/mol. The number of aromatic nitrogens is 3. The van der Waals surface area contributed by atoms with Crippen molar-refractivity contribution in [2.24, 2.45) is 0 Å². The van der Waals surface area contributed by atoms with Crippen LogP contribution in [0.5, 0.6) is 0 Å². The Labute approximate surface area is 129 Å². The number of rotatable bonds is 4. The van der Waals surface area contributed by atoms with Gasteiger partial charge in [-0.05, 0) is 45.6 Å². The number of sulfonamides is 1. The zero-order chi connectivity index (χ0) is 15.7. The van der Waals surface area contributed by atoms with Crippen LogP contribution < -0.4 is 4.72 Å². The van der Waals surface area contributed by atoms with E-state index < -0.39 is 10.0 Å². The maximum atomic E-state index is 12.5. The summed E-state index contributed by atoms with van der Waals surface area (Å²) in [4.78, 5) is 0.168. The lowest BCUT2D eigenvalue weighted by atomic mass is 9.92. The van der Waals surface area contributed by atoms with Crippen molar-refractivity contribution in [2.75, 3.05) is 0 Å². The van der Waals surface area contributed by atoms with Gasteiger partial charge in [-0.3, -0.25) is 4.68 Å². The van der Waals surface area contributed by atoms with Crippen LogP contribution in [-0.4, -0.2) is 29.4 Å². The van der Waals surface area contributed by atoms with Crippen molar-refractivity contribution in [2.45, 2.75) is 56.5 Å². The third-order valence-electron chi connectivity index (χ3n) is 4.15. The molecule has 0 aromatic carbocycles. The molecule has 3 rings (SSSR count). The summed E-state index contributed by atoms with van der Waals surface area (Å²) in [5, 5.41) is 7.98. The molecule has 1 aliphatic rings. The van der Waals surface area contributed by atoms with Gasteiger partial charge in [-0.1, -0.05) is 5.16 Å². The maximum Gasteiger partial charge on any atom is 0.246 e. The number of nitrogens with zero attached hydrogens (tertiary/aromatic N) is 3. The molecular formula is C14H20N4O3S. The van der Waals surface area contributed by atoms with Crippen LogP contribution in [0.4, 0.5) is 0 Å². The van der Waals surface area contributed by atoms with E-state index in [2.05, 4.69) is 15.0 Å². The molecule has 0 atom stereocenters. The highest BCUT2D eigenvalue weighted by Gasteiger charge is 2.30. The highest BCUT2D eigenvalue weighted by atomic mass is 32.2. The zero-order valence-corrected chi connectivity index (χ0v) is 13.5. The number of aryl methyl sites for hydroxylation is 2. The van der Waals surface area contributed by atoms with Crippen LogP contribution in [-0.2, 0) is 10.0 Å². The summed E-state index contributed by atoms with van der Waals surface area (Å²) in [5.74, 6) is 0.329. The molecule has 0 unspecified atom stereocenters. The van der Waals surface area contributed by atoms with E-state index in [0.717, 1.165) is 25.7 Å². The Hall–Kier alpha value is -1.67. The van der Waals surface area contributed by atoms with Gasteiger partial charge in [-0.25, -0.2) is 13.1 Å². The highest BCUT2D eigenvalue weighted by molar-refractivity contribution is 7.89. The normalized spacial score (nSPS) is 22.8. The quantitative estimate of drug-likeness (QED) is 0.928. The molecule has 120 valence electrons. The van der Waals surface area contributed by atoms with Crippen molar-refractivity contribution >= 4 is 10.0 Å². The van der Waals surface area contributed by atoms with Gasteiger partial charge < -0.3 is 4.52 Å². The largest absolute Gasteiger partial charge is 0.360 e. The Morgan fingerprint density at radius 3 is 2.55 bits per heavy atom. The monoisotopic (exact) mass is 324 g/mol. The smallest absolute Gasteiger partial charge is 0.246 e. The molecule has 0 aliphatic heterocycles. The minimum atomic E-state index is -3.58. The molecule has 2 heterocycles. The molecule has 0 bridgehead atoms. The highest BCUT2D eigenvalue weighted by Crippen LogP contribution is 2.29. The third-order valence-corrected chi connectivity index (χ3v) is 5.92. The molecule has 2 aromatic rings. The molecule has 0 spiro atoms. The third kappa shape index (κ3) is 2.93. The van der Waals surface area contributed by atoms with Crippen LogP contribution in [0.1, 0.15) is 43.2 Å². The van der Waals surface area contributed by atoms with Crippen molar-refractivity contribution in [3.05, 3.63) is 29.9 Å². The first-order valence-corrected chi connectivity index (χ1v) is 8.90. The van der Waals surface area contributed by atoms with E-state index >= 15 is 0 Å². The van der Waals surface area contributed by atoms with Gasteiger partial charge in [0.25, 0.3) is 0 Å². The summed E-state index contributed by atoms with van der Waals surface area (Å²) in [6.07, 6.45) is 7.15. The van der Waals surface area contributed by atoms with E-state index in [-0.39, 0.29) is 10.9 Å². The molecule has 0 amide bonds. The number of hydrogen-bond acceptors (Lipinski definition) is 5. The molecular weight excluding hydrogens is 304 g/mol. The molecule has 1 aliphatic carbocycles. The van der Waals surface area contributed by atoms with Crippen LogP contribution in [0.15, 0.2) is 27.9 Å². The predicted octanol–water partition coefficient (Wildman–Crippen LogP) is 1.95. The van der Waals surface area contributed by atoms with Gasteiger partial charge in [-0.15, -0.1) is 0 Å². The summed E-state index contributed by atoms with van der Waals surface area (Å²) >= 11 is 0. The number of hydrogen-bond donors (Lipinski definition) is 1. The Morgan fingerprint density at radius 2 is 2.00 bits per heavy atom. The van der Waals surface area contributed by atoms with Crippen LogP contribution >= 0.6 is 0 Å². The molecule has 2 aromatic heterocycles. The minimum absolute atomic E-state index is 0.0505. The fourth-order valence-electron chi connectivity index (χ4n) is 3.09. The molecule has 1 N–H and O–H groups in total. The first-order valence-electron chi connectivity index (χ1n) is 7.41. The molecule has 0 saturated heterocycles. The maximum absolute atomic E-state index is 12.5. The summed E-state index contributed by atoms with van der Waals surface area (Å²) in [6, 6.07) is 2.21. The van der Waals surface area contributed by atoms with Gasteiger partial charge in [0.15, 0.2) is 5.76 Å². The van der Waals surface area contributed by atoms with Crippen LogP contribution in [0.2, 0.25) is 0 Å². The summed E-state index contributed by atoms with van der Waals surface area (Å²) in [5.41, 5.74) is 0.398.